The second-order valence-electron chi connectivity index (χ2n) is 27.6. The van der Waals surface area contributed by atoms with E-state index in [4.69, 9.17) is 37.0 Å². The van der Waals surface area contributed by atoms with Crippen molar-refractivity contribution in [2.75, 3.05) is 39.6 Å². The third-order valence-corrected chi connectivity index (χ3v) is 18.8. The Bertz CT molecular complexity index is 1800. The van der Waals surface area contributed by atoms with E-state index in [0.29, 0.717) is 31.6 Å². The smallest absolute Gasteiger partial charge is 0.462 e. The fourth-order valence-electron chi connectivity index (χ4n) is 10.8. The van der Waals surface area contributed by atoms with Crippen LogP contribution < -0.4 is 0 Å². The quantitative estimate of drug-likeness (QED) is 0.0222. The zero-order valence-corrected chi connectivity index (χ0v) is 61.3. The topological polar surface area (TPSA) is 237 Å². The number of carbonyl (C=O) groups excluding carboxylic acids is 4. The molecule has 91 heavy (non-hydrogen) atoms. The van der Waals surface area contributed by atoms with Crippen LogP contribution in [0, 0.1) is 23.7 Å². The van der Waals surface area contributed by atoms with Gasteiger partial charge >= 0.3 is 39.5 Å². The lowest BCUT2D eigenvalue weighted by molar-refractivity contribution is -0.161. The number of rotatable bonds is 69. The molecule has 0 aromatic carbocycles. The van der Waals surface area contributed by atoms with E-state index in [0.717, 1.165) is 108 Å². The van der Waals surface area contributed by atoms with Gasteiger partial charge in [-0.15, -0.1) is 0 Å². The van der Waals surface area contributed by atoms with Gasteiger partial charge in [-0.2, -0.15) is 0 Å². The Morgan fingerprint density at radius 2 is 0.527 bits per heavy atom. The number of hydrogen-bond acceptors (Lipinski definition) is 15. The standard InChI is InChI=1S/C72H140O17P2/c1-9-65(8)51-43-35-26-19-16-17-21-29-38-46-54-71(76)88-67(58-82-69(74)52-44-36-27-20-15-13-11-10-12-14-18-24-32-40-48-62(2)3)60-86-90(78,79)84-56-66(73)57-85-91(80,81)87-61-68(89-72(77)55-47-39-31-30-34-42-50-64(6)7)59-83-70(75)53-45-37-28-23-22-25-33-41-49-63(4)5/h62-68,73H,9-61H2,1-8H3,(H,78,79)(H,80,81)/t65?,66?,67-,68-/m1/s1. The predicted octanol–water partition coefficient (Wildman–Crippen LogP) is 20.5. The summed E-state index contributed by atoms with van der Waals surface area (Å²) in [6.07, 6.45) is 44.6. The zero-order valence-electron chi connectivity index (χ0n) is 59.5. The number of ether oxygens (including phenoxy) is 4. The number of unbranched alkanes of at least 4 members (excludes halogenated alkanes) is 34. The molecule has 6 atom stereocenters. The molecule has 0 bridgehead atoms. The van der Waals surface area contributed by atoms with Crippen LogP contribution in [0.3, 0.4) is 0 Å². The average Bonchev–Trinajstić information content (AvgIpc) is 3.54. The minimum absolute atomic E-state index is 0.101. The molecular formula is C72H140O17P2. The van der Waals surface area contributed by atoms with E-state index in [9.17, 15) is 43.2 Å². The molecule has 3 N–H and O–H groups in total. The molecule has 0 rings (SSSR count). The van der Waals surface area contributed by atoms with Crippen LogP contribution >= 0.6 is 15.6 Å². The summed E-state index contributed by atoms with van der Waals surface area (Å²) in [7, 11) is -9.90. The van der Waals surface area contributed by atoms with Gasteiger partial charge in [0.2, 0.25) is 0 Å². The van der Waals surface area contributed by atoms with Gasteiger partial charge < -0.3 is 33.8 Å². The maximum Gasteiger partial charge on any atom is 0.472 e. The van der Waals surface area contributed by atoms with Gasteiger partial charge in [-0.3, -0.25) is 37.3 Å². The molecule has 0 spiro atoms. The van der Waals surface area contributed by atoms with E-state index in [1.807, 2.05) is 0 Å². The van der Waals surface area contributed by atoms with Crippen LogP contribution in [0.15, 0.2) is 0 Å². The number of carbonyl (C=O) groups is 4. The van der Waals surface area contributed by atoms with Gasteiger partial charge in [0.05, 0.1) is 26.4 Å². The van der Waals surface area contributed by atoms with Crippen molar-refractivity contribution >= 4 is 39.5 Å². The predicted molar refractivity (Wildman–Crippen MR) is 367 cm³/mol. The van der Waals surface area contributed by atoms with E-state index in [1.54, 1.807) is 0 Å². The van der Waals surface area contributed by atoms with Crippen molar-refractivity contribution < 1.29 is 80.2 Å². The summed E-state index contributed by atoms with van der Waals surface area (Å²) >= 11 is 0. The first-order valence-electron chi connectivity index (χ1n) is 37.2. The number of esters is 4. The lowest BCUT2D eigenvalue weighted by Gasteiger charge is -2.21. The molecule has 0 saturated carbocycles. The Morgan fingerprint density at radius 1 is 0.308 bits per heavy atom. The molecule has 0 aromatic heterocycles. The monoisotopic (exact) mass is 1340 g/mol. The van der Waals surface area contributed by atoms with Crippen LogP contribution in [0.1, 0.15) is 357 Å². The summed E-state index contributed by atoms with van der Waals surface area (Å²) in [6, 6.07) is 0. The van der Waals surface area contributed by atoms with E-state index in [-0.39, 0.29) is 25.7 Å². The third kappa shape index (κ3) is 65.1. The molecule has 0 amide bonds. The van der Waals surface area contributed by atoms with Gasteiger partial charge in [-0.05, 0) is 49.4 Å². The number of hydrogen-bond donors (Lipinski definition) is 3. The molecule has 4 unspecified atom stereocenters. The molecule has 19 heteroatoms. The SMILES string of the molecule is CCC(C)CCCCCCCCCCCCC(=O)O[C@H](COC(=O)CCCCCCCCCCCCCCCCC(C)C)COP(=O)(O)OCC(O)COP(=O)(O)OC[C@@H](COC(=O)CCCCCCCCCCC(C)C)OC(=O)CCCCCCCCC(C)C. The van der Waals surface area contributed by atoms with E-state index in [1.165, 1.54) is 161 Å². The largest absolute Gasteiger partial charge is 0.472 e. The highest BCUT2D eigenvalue weighted by Gasteiger charge is 2.30. The van der Waals surface area contributed by atoms with Crippen LogP contribution in [0.2, 0.25) is 0 Å². The number of phosphoric acid groups is 2. The van der Waals surface area contributed by atoms with Crippen molar-refractivity contribution in [2.45, 2.75) is 375 Å². The molecule has 0 aliphatic rings. The van der Waals surface area contributed by atoms with Crippen LogP contribution in [-0.4, -0.2) is 96.7 Å². The molecular weight excluding hydrogens is 1200 g/mol. The maximum atomic E-state index is 13.0. The second kappa shape index (κ2) is 61.6. The zero-order chi connectivity index (χ0) is 67.5. The van der Waals surface area contributed by atoms with Crippen molar-refractivity contribution in [2.24, 2.45) is 23.7 Å². The molecule has 0 saturated heterocycles. The summed E-state index contributed by atoms with van der Waals surface area (Å²) in [4.78, 5) is 72.6. The molecule has 0 radical (unpaired) electrons. The Balaban J connectivity index is 5.23. The Hall–Kier alpha value is -1.94. The van der Waals surface area contributed by atoms with E-state index >= 15 is 0 Å². The van der Waals surface area contributed by atoms with Gasteiger partial charge in [-0.1, -0.05) is 306 Å². The number of aliphatic hydroxyl groups is 1. The fraction of sp³-hybridized carbons (Fsp3) is 0.944. The lowest BCUT2D eigenvalue weighted by Crippen LogP contribution is -2.30. The van der Waals surface area contributed by atoms with Gasteiger partial charge in [0, 0.05) is 25.7 Å². The highest BCUT2D eigenvalue weighted by atomic mass is 31.2. The second-order valence-corrected chi connectivity index (χ2v) is 30.6. The van der Waals surface area contributed by atoms with Crippen LogP contribution in [0.5, 0.6) is 0 Å². The third-order valence-electron chi connectivity index (χ3n) is 16.9. The summed E-state index contributed by atoms with van der Waals surface area (Å²) in [5.74, 6) is 0.867. The molecule has 0 heterocycles. The normalized spacial score (nSPS) is 14.5. The first kappa shape index (κ1) is 89.1. The maximum absolute atomic E-state index is 13.0. The summed E-state index contributed by atoms with van der Waals surface area (Å²) in [5, 5.41) is 10.6. The Kier molecular flexibility index (Phi) is 60.3. The first-order valence-corrected chi connectivity index (χ1v) is 40.2. The summed E-state index contributed by atoms with van der Waals surface area (Å²) in [6.45, 7) is 14.1. The number of aliphatic hydroxyl groups excluding tert-OH is 1. The van der Waals surface area contributed by atoms with Crippen LogP contribution in [0.25, 0.3) is 0 Å². The van der Waals surface area contributed by atoms with Gasteiger partial charge in [0.1, 0.15) is 19.3 Å². The number of phosphoric ester groups is 2. The molecule has 0 aliphatic carbocycles. The van der Waals surface area contributed by atoms with Crippen molar-refractivity contribution in [3.8, 4) is 0 Å². The van der Waals surface area contributed by atoms with Crippen LogP contribution in [0.4, 0.5) is 0 Å². The van der Waals surface area contributed by atoms with Crippen LogP contribution in [-0.2, 0) is 65.4 Å². The molecule has 0 aromatic rings. The molecule has 0 fully saturated rings. The first-order chi connectivity index (χ1) is 43.6. The van der Waals surface area contributed by atoms with Crippen molar-refractivity contribution in [1.82, 2.24) is 0 Å². The Labute approximate surface area is 556 Å². The Morgan fingerprint density at radius 3 is 0.780 bits per heavy atom. The van der Waals surface area contributed by atoms with E-state index < -0.39 is 97.5 Å². The lowest BCUT2D eigenvalue weighted by atomic mass is 9.99. The minimum atomic E-state index is -4.95. The fourth-order valence-corrected chi connectivity index (χ4v) is 12.4. The van der Waals surface area contributed by atoms with Crippen molar-refractivity contribution in [1.29, 1.82) is 0 Å². The minimum Gasteiger partial charge on any atom is -0.462 e. The molecule has 17 nitrogen and oxygen atoms in total. The van der Waals surface area contributed by atoms with Gasteiger partial charge in [-0.25, -0.2) is 9.13 Å². The van der Waals surface area contributed by atoms with Crippen molar-refractivity contribution in [3.05, 3.63) is 0 Å². The summed E-state index contributed by atoms with van der Waals surface area (Å²) < 4.78 is 68.3. The average molecular weight is 1340 g/mol. The molecule has 540 valence electrons. The van der Waals surface area contributed by atoms with Gasteiger partial charge in [0.25, 0.3) is 0 Å². The summed E-state index contributed by atoms with van der Waals surface area (Å²) in [5.41, 5.74) is 0. The molecule has 0 aliphatic heterocycles. The van der Waals surface area contributed by atoms with Gasteiger partial charge in [0.15, 0.2) is 12.2 Å². The van der Waals surface area contributed by atoms with Crippen molar-refractivity contribution in [3.63, 3.8) is 0 Å². The van der Waals surface area contributed by atoms with E-state index in [2.05, 4.69) is 55.4 Å². The highest BCUT2D eigenvalue weighted by molar-refractivity contribution is 7.47. The highest BCUT2D eigenvalue weighted by Crippen LogP contribution is 2.45.